The van der Waals surface area contributed by atoms with E-state index < -0.39 is 18.6 Å². The molecule has 0 aliphatic heterocycles. The van der Waals surface area contributed by atoms with Crippen molar-refractivity contribution in [3.05, 3.63) is 0 Å². The smallest absolute Gasteiger partial charge is 0.354 e. The Bertz CT molecular complexity index is 219. The average Bonchev–Trinajstić information content (AvgIpc) is 2.11. The van der Waals surface area contributed by atoms with Gasteiger partial charge in [0.2, 0.25) is 5.91 Å². The third-order valence-electron chi connectivity index (χ3n) is 1.93. The van der Waals surface area contributed by atoms with Crippen LogP contribution < -0.4 is 11.1 Å². The number of alkyl halides is 3. The number of nitrogens with two attached hydrogens (primary N) is 1. The Morgan fingerprint density at radius 1 is 1.44 bits per heavy atom. The van der Waals surface area contributed by atoms with E-state index in [1.807, 2.05) is 0 Å². The number of carbonyl (C=O) groups excluding carboxylic acids is 1. The first-order valence-corrected chi connectivity index (χ1v) is 5.04. The largest absolute Gasteiger partial charge is 0.401 e. The molecule has 7 heteroatoms. The van der Waals surface area contributed by atoms with Gasteiger partial charge < -0.3 is 11.1 Å². The zero-order valence-corrected chi connectivity index (χ0v) is 9.47. The highest BCUT2D eigenvalue weighted by molar-refractivity contribution is 5.78. The summed E-state index contributed by atoms with van der Waals surface area (Å²) in [7, 11) is 0. The van der Waals surface area contributed by atoms with E-state index in [9.17, 15) is 18.0 Å². The molecule has 0 aromatic carbocycles. The van der Waals surface area contributed by atoms with Gasteiger partial charge in [0.15, 0.2) is 0 Å². The number of rotatable bonds is 6. The van der Waals surface area contributed by atoms with E-state index in [1.54, 1.807) is 13.8 Å². The second-order valence-corrected chi connectivity index (χ2v) is 3.75. The molecule has 4 nitrogen and oxygen atoms in total. The Morgan fingerprint density at radius 3 is 2.38 bits per heavy atom. The summed E-state index contributed by atoms with van der Waals surface area (Å²) in [6.45, 7) is 2.42. The number of hydrogen-bond acceptors (Lipinski definition) is 3. The van der Waals surface area contributed by atoms with E-state index in [0.717, 1.165) is 4.90 Å². The molecule has 0 aliphatic carbocycles. The van der Waals surface area contributed by atoms with E-state index in [-0.39, 0.29) is 25.7 Å². The van der Waals surface area contributed by atoms with E-state index >= 15 is 0 Å². The van der Waals surface area contributed by atoms with Crippen LogP contribution >= 0.6 is 0 Å². The lowest BCUT2D eigenvalue weighted by atomic mass is 10.3. The van der Waals surface area contributed by atoms with Crippen molar-refractivity contribution in [2.45, 2.75) is 26.1 Å². The summed E-state index contributed by atoms with van der Waals surface area (Å²) < 4.78 is 36.5. The normalized spacial score (nSPS) is 12.2. The number of nitrogens with one attached hydrogen (secondary N) is 1. The lowest BCUT2D eigenvalue weighted by Gasteiger charge is -2.26. The van der Waals surface area contributed by atoms with Gasteiger partial charge in [-0.2, -0.15) is 13.2 Å². The molecule has 0 rings (SSSR count). The topological polar surface area (TPSA) is 58.4 Å². The van der Waals surface area contributed by atoms with Crippen LogP contribution in [0.4, 0.5) is 13.2 Å². The van der Waals surface area contributed by atoms with Gasteiger partial charge in [0, 0.05) is 19.1 Å². The van der Waals surface area contributed by atoms with Crippen molar-refractivity contribution < 1.29 is 18.0 Å². The molecular formula is C9H18F3N3O. The molecule has 0 aromatic heterocycles. The molecule has 0 atom stereocenters. The quantitative estimate of drug-likeness (QED) is 0.704. The van der Waals surface area contributed by atoms with Crippen LogP contribution in [0.1, 0.15) is 13.8 Å². The highest BCUT2D eigenvalue weighted by atomic mass is 19.4. The summed E-state index contributed by atoms with van der Waals surface area (Å²) in [4.78, 5) is 12.3. The van der Waals surface area contributed by atoms with Crippen molar-refractivity contribution in [3.8, 4) is 0 Å². The summed E-state index contributed by atoms with van der Waals surface area (Å²) in [5.74, 6) is -0.441. The maximum atomic E-state index is 12.2. The van der Waals surface area contributed by atoms with E-state index in [0.29, 0.717) is 0 Å². The number of carbonyl (C=O) groups is 1. The third kappa shape index (κ3) is 7.47. The monoisotopic (exact) mass is 241 g/mol. The molecule has 0 saturated carbocycles. The zero-order valence-electron chi connectivity index (χ0n) is 9.47. The number of halogens is 3. The summed E-state index contributed by atoms with van der Waals surface area (Å²) in [5.41, 5.74) is 5.16. The first-order chi connectivity index (χ1) is 7.26. The fraction of sp³-hybridized carbons (Fsp3) is 0.889. The molecule has 16 heavy (non-hydrogen) atoms. The Hall–Kier alpha value is -0.820. The number of hydrogen-bond donors (Lipinski definition) is 2. The summed E-state index contributed by atoms with van der Waals surface area (Å²) in [5, 5.41) is 2.43. The molecule has 0 heterocycles. The molecule has 1 amide bonds. The second-order valence-electron chi connectivity index (χ2n) is 3.75. The van der Waals surface area contributed by atoms with Crippen LogP contribution in [0.15, 0.2) is 0 Å². The van der Waals surface area contributed by atoms with Crippen LogP contribution in [0.25, 0.3) is 0 Å². The summed E-state index contributed by atoms with van der Waals surface area (Å²) >= 11 is 0. The van der Waals surface area contributed by atoms with Crippen LogP contribution in [-0.4, -0.2) is 49.2 Å². The first kappa shape index (κ1) is 15.2. The molecule has 0 aromatic rings. The molecule has 3 N–H and O–H groups in total. The minimum absolute atomic E-state index is 0.267. The Morgan fingerprint density at radius 2 is 2.00 bits per heavy atom. The van der Waals surface area contributed by atoms with Crippen LogP contribution in [0.3, 0.4) is 0 Å². The Balaban J connectivity index is 4.18. The molecule has 0 unspecified atom stereocenters. The van der Waals surface area contributed by atoms with Crippen molar-refractivity contribution in [1.29, 1.82) is 0 Å². The average molecular weight is 241 g/mol. The van der Waals surface area contributed by atoms with Crippen LogP contribution in [0.5, 0.6) is 0 Å². The van der Waals surface area contributed by atoms with E-state index in [4.69, 9.17) is 5.73 Å². The van der Waals surface area contributed by atoms with Gasteiger partial charge in [-0.05, 0) is 13.8 Å². The fourth-order valence-electron chi connectivity index (χ4n) is 1.10. The maximum Gasteiger partial charge on any atom is 0.401 e. The van der Waals surface area contributed by atoms with Gasteiger partial charge in [-0.3, -0.25) is 9.69 Å². The van der Waals surface area contributed by atoms with Gasteiger partial charge in [0.1, 0.15) is 0 Å². The third-order valence-corrected chi connectivity index (χ3v) is 1.93. The fourth-order valence-corrected chi connectivity index (χ4v) is 1.10. The standard InChI is InChI=1S/C9H18F3N3O/c1-7(2)15(6-9(10,11)12)5-8(16)14-4-3-13/h7H,3-6,13H2,1-2H3,(H,14,16). The van der Waals surface area contributed by atoms with Crippen molar-refractivity contribution in [2.24, 2.45) is 5.73 Å². The van der Waals surface area contributed by atoms with Crippen LogP contribution in [-0.2, 0) is 4.79 Å². The molecular weight excluding hydrogens is 223 g/mol. The van der Waals surface area contributed by atoms with Gasteiger partial charge in [-0.15, -0.1) is 0 Å². The van der Waals surface area contributed by atoms with Gasteiger partial charge >= 0.3 is 6.18 Å². The molecule has 0 fully saturated rings. The molecule has 0 saturated heterocycles. The first-order valence-electron chi connectivity index (χ1n) is 5.04. The van der Waals surface area contributed by atoms with E-state index in [1.165, 1.54) is 0 Å². The Kier molecular flexibility index (Phi) is 6.35. The predicted molar refractivity (Wildman–Crippen MR) is 54.8 cm³/mol. The highest BCUT2D eigenvalue weighted by Gasteiger charge is 2.32. The molecule has 0 bridgehead atoms. The van der Waals surface area contributed by atoms with Crippen molar-refractivity contribution in [1.82, 2.24) is 10.2 Å². The maximum absolute atomic E-state index is 12.2. The highest BCUT2D eigenvalue weighted by Crippen LogP contribution is 2.17. The minimum Gasteiger partial charge on any atom is -0.354 e. The van der Waals surface area contributed by atoms with Crippen molar-refractivity contribution in [2.75, 3.05) is 26.2 Å². The molecule has 0 spiro atoms. The zero-order chi connectivity index (χ0) is 12.8. The summed E-state index contributed by atoms with van der Waals surface area (Å²) in [6, 6.07) is -0.342. The van der Waals surface area contributed by atoms with Crippen LogP contribution in [0.2, 0.25) is 0 Å². The molecule has 96 valence electrons. The number of nitrogens with zero attached hydrogens (tertiary/aromatic N) is 1. The lowest BCUT2D eigenvalue weighted by molar-refractivity contribution is -0.152. The SMILES string of the molecule is CC(C)N(CC(=O)NCCN)CC(F)(F)F. The van der Waals surface area contributed by atoms with Crippen molar-refractivity contribution in [3.63, 3.8) is 0 Å². The minimum atomic E-state index is -4.29. The molecule has 0 aliphatic rings. The van der Waals surface area contributed by atoms with Gasteiger partial charge in [-0.25, -0.2) is 0 Å². The summed E-state index contributed by atoms with van der Waals surface area (Å²) in [6.07, 6.45) is -4.29. The van der Waals surface area contributed by atoms with Crippen molar-refractivity contribution >= 4 is 5.91 Å². The lowest BCUT2D eigenvalue weighted by Crippen LogP contribution is -2.45. The molecule has 0 radical (unpaired) electrons. The number of amides is 1. The Labute approximate surface area is 93.0 Å². The van der Waals surface area contributed by atoms with Gasteiger partial charge in [-0.1, -0.05) is 0 Å². The van der Waals surface area contributed by atoms with Crippen LogP contribution in [0, 0.1) is 0 Å². The van der Waals surface area contributed by atoms with E-state index in [2.05, 4.69) is 5.32 Å². The predicted octanol–water partition coefficient (Wildman–Crippen LogP) is 0.334. The van der Waals surface area contributed by atoms with Gasteiger partial charge in [0.25, 0.3) is 0 Å². The van der Waals surface area contributed by atoms with Gasteiger partial charge in [0.05, 0.1) is 13.1 Å². The second kappa shape index (κ2) is 6.70.